The van der Waals surface area contributed by atoms with Gasteiger partial charge in [0.2, 0.25) is 0 Å². The van der Waals surface area contributed by atoms with Crippen LogP contribution >= 0.6 is 11.3 Å². The second kappa shape index (κ2) is 8.06. The number of nitrogens with zero attached hydrogens (tertiary/aromatic N) is 2. The van der Waals surface area contributed by atoms with Gasteiger partial charge >= 0.3 is 0 Å². The number of nitrogens with one attached hydrogen (secondary N) is 2. The van der Waals surface area contributed by atoms with Crippen LogP contribution in [0.25, 0.3) is 11.3 Å². The molecule has 6 nitrogen and oxygen atoms in total. The van der Waals surface area contributed by atoms with E-state index in [1.54, 1.807) is 7.11 Å². The third-order valence-electron chi connectivity index (χ3n) is 5.01. The molecule has 0 radical (unpaired) electrons. The van der Waals surface area contributed by atoms with E-state index in [1.165, 1.54) is 11.3 Å². The Labute approximate surface area is 168 Å². The Bertz CT molecular complexity index is 947. The van der Waals surface area contributed by atoms with Gasteiger partial charge in [-0.05, 0) is 61.7 Å². The summed E-state index contributed by atoms with van der Waals surface area (Å²) in [5.41, 5.74) is 2.03. The summed E-state index contributed by atoms with van der Waals surface area (Å²) in [5, 5.41) is 10.8. The molecule has 2 aromatic heterocycles. The molecule has 1 atom stereocenters. The number of hydrogen-bond donors (Lipinski definition) is 2. The predicted octanol–water partition coefficient (Wildman–Crippen LogP) is 3.85. The summed E-state index contributed by atoms with van der Waals surface area (Å²) in [7, 11) is 1.66. The molecular weight excluding hydrogens is 372 g/mol. The van der Waals surface area contributed by atoms with Gasteiger partial charge in [-0.3, -0.25) is 9.89 Å². The van der Waals surface area contributed by atoms with Gasteiger partial charge < -0.3 is 15.0 Å². The minimum absolute atomic E-state index is 0.0194. The van der Waals surface area contributed by atoms with E-state index < -0.39 is 0 Å². The maximum atomic E-state index is 12.5. The van der Waals surface area contributed by atoms with Crippen LogP contribution in [-0.2, 0) is 0 Å². The summed E-state index contributed by atoms with van der Waals surface area (Å²) in [6, 6.07) is 14.0. The average molecular weight is 397 g/mol. The number of amides is 1. The lowest BCUT2D eigenvalue weighted by atomic mass is 10.1. The van der Waals surface area contributed by atoms with E-state index in [0.29, 0.717) is 0 Å². The van der Waals surface area contributed by atoms with Crippen molar-refractivity contribution in [2.45, 2.75) is 25.8 Å². The van der Waals surface area contributed by atoms with Crippen molar-refractivity contribution in [2.75, 3.05) is 25.1 Å². The van der Waals surface area contributed by atoms with Crippen LogP contribution in [0.2, 0.25) is 0 Å². The van der Waals surface area contributed by atoms with Gasteiger partial charge in [0.1, 0.15) is 5.75 Å². The Kier molecular flexibility index (Phi) is 5.34. The van der Waals surface area contributed by atoms with Gasteiger partial charge in [0.05, 0.1) is 17.7 Å². The Balaban J connectivity index is 1.41. The maximum Gasteiger partial charge on any atom is 0.261 e. The highest BCUT2D eigenvalue weighted by molar-refractivity contribution is 7.13. The number of hydrogen-bond acceptors (Lipinski definition) is 5. The van der Waals surface area contributed by atoms with Crippen molar-refractivity contribution >= 4 is 23.1 Å². The minimum atomic E-state index is 0.0194. The molecule has 1 aromatic carbocycles. The number of ether oxygens (including phenoxy) is 1. The highest BCUT2D eigenvalue weighted by Gasteiger charge is 2.24. The lowest BCUT2D eigenvalue weighted by molar-refractivity contribution is 0.0937. The van der Waals surface area contributed by atoms with Crippen molar-refractivity contribution in [2.24, 2.45) is 0 Å². The SMILES string of the molecule is COc1ccc(-c2cc(N3CCCC(NC(=O)c4ccc(C)s4)C3)n[nH]2)cc1. The van der Waals surface area contributed by atoms with Gasteiger partial charge in [0.15, 0.2) is 5.82 Å². The molecule has 0 spiro atoms. The first-order chi connectivity index (χ1) is 13.6. The highest BCUT2D eigenvalue weighted by atomic mass is 32.1. The van der Waals surface area contributed by atoms with E-state index >= 15 is 0 Å². The third kappa shape index (κ3) is 4.04. The van der Waals surface area contributed by atoms with Crippen LogP contribution in [-0.4, -0.2) is 42.3 Å². The van der Waals surface area contributed by atoms with E-state index in [9.17, 15) is 4.79 Å². The average Bonchev–Trinajstić information content (AvgIpc) is 3.38. The Morgan fingerprint density at radius 1 is 1.29 bits per heavy atom. The summed E-state index contributed by atoms with van der Waals surface area (Å²) >= 11 is 1.53. The Morgan fingerprint density at radius 3 is 2.82 bits per heavy atom. The molecule has 1 saturated heterocycles. The monoisotopic (exact) mass is 396 g/mol. The number of carbonyl (C=O) groups is 1. The third-order valence-corrected chi connectivity index (χ3v) is 6.01. The molecular formula is C21H24N4O2S. The first-order valence-electron chi connectivity index (χ1n) is 9.44. The van der Waals surface area contributed by atoms with E-state index in [4.69, 9.17) is 4.74 Å². The number of aromatic amines is 1. The van der Waals surface area contributed by atoms with Crippen molar-refractivity contribution < 1.29 is 9.53 Å². The number of thiophene rings is 1. The molecule has 0 aliphatic carbocycles. The lowest BCUT2D eigenvalue weighted by Gasteiger charge is -2.33. The van der Waals surface area contributed by atoms with E-state index in [1.807, 2.05) is 43.3 Å². The fourth-order valence-corrected chi connectivity index (χ4v) is 4.28. The van der Waals surface area contributed by atoms with Crippen LogP contribution in [0.5, 0.6) is 5.75 Å². The van der Waals surface area contributed by atoms with Crippen LogP contribution in [0, 0.1) is 6.92 Å². The molecule has 4 rings (SSSR count). The molecule has 1 aliphatic heterocycles. The van der Waals surface area contributed by atoms with Crippen LogP contribution in [0.4, 0.5) is 5.82 Å². The van der Waals surface area contributed by atoms with Crippen LogP contribution in [0.15, 0.2) is 42.5 Å². The summed E-state index contributed by atoms with van der Waals surface area (Å²) in [4.78, 5) is 16.6. The molecule has 3 aromatic rings. The topological polar surface area (TPSA) is 70.2 Å². The van der Waals surface area contributed by atoms with Crippen LogP contribution in [0.3, 0.4) is 0 Å². The molecule has 1 unspecified atom stereocenters. The largest absolute Gasteiger partial charge is 0.497 e. The number of methoxy groups -OCH3 is 1. The molecule has 28 heavy (non-hydrogen) atoms. The lowest BCUT2D eigenvalue weighted by Crippen LogP contribution is -2.47. The fraction of sp³-hybridized carbons (Fsp3) is 0.333. The zero-order valence-corrected chi connectivity index (χ0v) is 16.9. The number of benzene rings is 1. The van der Waals surface area contributed by atoms with Crippen LogP contribution in [0.1, 0.15) is 27.4 Å². The van der Waals surface area contributed by atoms with Gasteiger partial charge in [0.25, 0.3) is 5.91 Å². The minimum Gasteiger partial charge on any atom is -0.497 e. The van der Waals surface area contributed by atoms with Crippen molar-refractivity contribution in [3.8, 4) is 17.0 Å². The maximum absolute atomic E-state index is 12.5. The highest BCUT2D eigenvalue weighted by Crippen LogP contribution is 2.26. The first-order valence-corrected chi connectivity index (χ1v) is 10.3. The fourth-order valence-electron chi connectivity index (χ4n) is 3.51. The molecule has 0 saturated carbocycles. The summed E-state index contributed by atoms with van der Waals surface area (Å²) in [6.07, 6.45) is 2.02. The van der Waals surface area contributed by atoms with E-state index in [2.05, 4.69) is 26.5 Å². The van der Waals surface area contributed by atoms with E-state index in [0.717, 1.165) is 58.5 Å². The molecule has 1 amide bonds. The molecule has 1 aliphatic rings. The normalized spacial score (nSPS) is 16.8. The zero-order chi connectivity index (χ0) is 19.5. The van der Waals surface area contributed by atoms with Crippen molar-refractivity contribution in [1.29, 1.82) is 0 Å². The molecule has 2 N–H and O–H groups in total. The second-order valence-electron chi connectivity index (χ2n) is 7.04. The summed E-state index contributed by atoms with van der Waals surface area (Å²) in [5.74, 6) is 1.77. The standard InChI is InChI=1S/C21H24N4O2S/c1-14-5-10-19(28-14)21(26)22-16-4-3-11-25(13-16)20-12-18(23-24-20)15-6-8-17(27-2)9-7-15/h5-10,12,16H,3-4,11,13H2,1-2H3,(H,22,26)(H,23,24). The smallest absolute Gasteiger partial charge is 0.261 e. The van der Waals surface area contributed by atoms with Gasteiger partial charge in [0, 0.05) is 30.1 Å². The number of aryl methyl sites for hydroxylation is 1. The number of piperidine rings is 1. The van der Waals surface area contributed by atoms with Crippen LogP contribution < -0.4 is 15.0 Å². The van der Waals surface area contributed by atoms with Gasteiger partial charge in [-0.15, -0.1) is 11.3 Å². The Hall–Kier alpha value is -2.80. The number of anilines is 1. The molecule has 0 bridgehead atoms. The van der Waals surface area contributed by atoms with Crippen molar-refractivity contribution in [1.82, 2.24) is 15.5 Å². The van der Waals surface area contributed by atoms with Gasteiger partial charge in [-0.2, -0.15) is 5.10 Å². The molecule has 7 heteroatoms. The second-order valence-corrected chi connectivity index (χ2v) is 8.33. The van der Waals surface area contributed by atoms with Gasteiger partial charge in [-0.1, -0.05) is 0 Å². The molecule has 3 heterocycles. The van der Waals surface area contributed by atoms with E-state index in [-0.39, 0.29) is 11.9 Å². The zero-order valence-electron chi connectivity index (χ0n) is 16.1. The van der Waals surface area contributed by atoms with Crippen molar-refractivity contribution in [3.63, 3.8) is 0 Å². The van der Waals surface area contributed by atoms with Crippen molar-refractivity contribution in [3.05, 3.63) is 52.2 Å². The number of H-pyrrole nitrogens is 1. The van der Waals surface area contributed by atoms with Gasteiger partial charge in [-0.25, -0.2) is 0 Å². The molecule has 1 fully saturated rings. The number of rotatable bonds is 5. The summed E-state index contributed by atoms with van der Waals surface area (Å²) in [6.45, 7) is 3.72. The predicted molar refractivity (Wildman–Crippen MR) is 112 cm³/mol. The summed E-state index contributed by atoms with van der Waals surface area (Å²) < 4.78 is 5.21. The Morgan fingerprint density at radius 2 is 2.11 bits per heavy atom. The first kappa shape index (κ1) is 18.6. The quantitative estimate of drug-likeness (QED) is 0.687. The number of carbonyl (C=O) groups excluding carboxylic acids is 1. The number of aromatic nitrogens is 2. The molecule has 146 valence electrons.